The molecule has 2 aromatic rings. The molecule has 0 aromatic carbocycles. The number of rotatable bonds is 6. The molecule has 0 fully saturated rings. The molecule has 7 heteroatoms. The zero-order valence-corrected chi connectivity index (χ0v) is 15.7. The van der Waals surface area contributed by atoms with E-state index < -0.39 is 0 Å². The van der Waals surface area contributed by atoms with Gasteiger partial charge in [-0.15, -0.1) is 11.3 Å². The Hall–Kier alpha value is -2.15. The third kappa shape index (κ3) is 5.49. The van der Waals surface area contributed by atoms with E-state index in [4.69, 9.17) is 4.74 Å². The number of aromatic nitrogens is 2. The van der Waals surface area contributed by atoms with Crippen molar-refractivity contribution in [2.24, 2.45) is 4.99 Å². The summed E-state index contributed by atoms with van der Waals surface area (Å²) in [6.07, 6.45) is 1.95. The van der Waals surface area contributed by atoms with E-state index in [0.29, 0.717) is 12.4 Å². The summed E-state index contributed by atoms with van der Waals surface area (Å²) in [4.78, 5) is 15.2. The number of guanidine groups is 1. The first kappa shape index (κ1) is 18.2. The van der Waals surface area contributed by atoms with Crippen molar-refractivity contribution >= 4 is 17.3 Å². The van der Waals surface area contributed by atoms with Gasteiger partial charge in [0, 0.05) is 38.3 Å². The highest BCUT2D eigenvalue weighted by atomic mass is 32.1. The van der Waals surface area contributed by atoms with Crippen molar-refractivity contribution in [3.05, 3.63) is 40.0 Å². The van der Waals surface area contributed by atoms with Gasteiger partial charge in [0.25, 0.3) is 0 Å². The predicted molar refractivity (Wildman–Crippen MR) is 98.5 cm³/mol. The van der Waals surface area contributed by atoms with Crippen molar-refractivity contribution in [3.63, 3.8) is 0 Å². The van der Waals surface area contributed by atoms with Crippen LogP contribution < -0.4 is 10.1 Å². The lowest BCUT2D eigenvalue weighted by molar-refractivity contribution is 0.232. The lowest BCUT2D eigenvalue weighted by atomic mass is 10.3. The molecule has 2 heterocycles. The Bertz CT molecular complexity index is 666. The van der Waals surface area contributed by atoms with Crippen LogP contribution in [0.25, 0.3) is 0 Å². The second-order valence-corrected chi connectivity index (χ2v) is 6.85. The summed E-state index contributed by atoms with van der Waals surface area (Å²) in [6.45, 7) is 7.37. The first-order chi connectivity index (χ1) is 11.5. The number of aryl methyl sites for hydroxylation is 1. The summed E-state index contributed by atoms with van der Waals surface area (Å²) in [6, 6.07) is 3.90. The molecule has 1 N–H and O–H groups in total. The van der Waals surface area contributed by atoms with Gasteiger partial charge in [-0.05, 0) is 26.3 Å². The van der Waals surface area contributed by atoms with Gasteiger partial charge < -0.3 is 15.0 Å². The topological polar surface area (TPSA) is 62.6 Å². The van der Waals surface area contributed by atoms with E-state index in [0.717, 1.165) is 28.8 Å². The van der Waals surface area contributed by atoms with Crippen molar-refractivity contribution in [1.29, 1.82) is 0 Å². The molecule has 2 aromatic heterocycles. The van der Waals surface area contributed by atoms with E-state index in [1.165, 1.54) is 0 Å². The third-order valence-electron chi connectivity index (χ3n) is 3.24. The molecule has 0 bridgehead atoms. The van der Waals surface area contributed by atoms with E-state index in [2.05, 4.69) is 30.6 Å². The highest BCUT2D eigenvalue weighted by Gasteiger charge is 2.09. The molecule has 0 atom stereocenters. The number of nitrogens with zero attached hydrogens (tertiary/aromatic N) is 4. The van der Waals surface area contributed by atoms with Crippen LogP contribution in [0.4, 0.5) is 0 Å². The number of hydrogen-bond donors (Lipinski definition) is 1. The van der Waals surface area contributed by atoms with Crippen LogP contribution in [0.2, 0.25) is 0 Å². The Morgan fingerprint density at radius 2 is 2.21 bits per heavy atom. The highest BCUT2D eigenvalue weighted by Crippen LogP contribution is 2.11. The summed E-state index contributed by atoms with van der Waals surface area (Å²) in [5.41, 5.74) is 2.13. The average Bonchev–Trinajstić information content (AvgIpc) is 2.94. The Balaban J connectivity index is 1.88. The van der Waals surface area contributed by atoms with Gasteiger partial charge in [-0.3, -0.25) is 4.99 Å². The van der Waals surface area contributed by atoms with Crippen molar-refractivity contribution in [2.75, 3.05) is 14.1 Å². The molecule has 0 aliphatic heterocycles. The van der Waals surface area contributed by atoms with Crippen molar-refractivity contribution in [2.45, 2.75) is 40.0 Å². The minimum absolute atomic E-state index is 0.128. The van der Waals surface area contributed by atoms with E-state index in [-0.39, 0.29) is 6.10 Å². The lowest BCUT2D eigenvalue weighted by Gasteiger charge is -2.21. The number of ether oxygens (including phenoxy) is 1. The smallest absolute Gasteiger partial charge is 0.213 e. The Kier molecular flexibility index (Phi) is 6.54. The van der Waals surface area contributed by atoms with Crippen LogP contribution in [0.15, 0.2) is 28.7 Å². The molecule has 130 valence electrons. The SMILES string of the molecule is CN=C(NCc1ccc(OC(C)C)nc1)N(C)Cc1csc(C)n1. The normalized spacial score (nSPS) is 11.7. The van der Waals surface area contributed by atoms with Crippen LogP contribution in [-0.4, -0.2) is 41.0 Å². The largest absolute Gasteiger partial charge is 0.475 e. The molecular weight excluding hydrogens is 322 g/mol. The molecule has 0 saturated heterocycles. The molecule has 0 aliphatic rings. The number of aliphatic imine (C=N–C) groups is 1. The standard InChI is InChI=1S/C17H25N5OS/c1-12(2)23-16-7-6-14(8-19-16)9-20-17(18-4)22(5)10-15-11-24-13(3)21-15/h6-8,11-12H,9-10H2,1-5H3,(H,18,20). The van der Waals surface area contributed by atoms with E-state index in [9.17, 15) is 0 Å². The molecule has 0 unspecified atom stereocenters. The number of thiazole rings is 1. The first-order valence-electron chi connectivity index (χ1n) is 7.92. The number of hydrogen-bond acceptors (Lipinski definition) is 5. The van der Waals surface area contributed by atoms with Crippen LogP contribution in [0.5, 0.6) is 5.88 Å². The maximum Gasteiger partial charge on any atom is 0.213 e. The van der Waals surface area contributed by atoms with Gasteiger partial charge in [0.2, 0.25) is 5.88 Å². The van der Waals surface area contributed by atoms with Gasteiger partial charge >= 0.3 is 0 Å². The fourth-order valence-corrected chi connectivity index (χ4v) is 2.80. The Labute approximate surface area is 147 Å². The predicted octanol–water partition coefficient (Wildman–Crippen LogP) is 2.84. The molecule has 2 rings (SSSR count). The molecule has 0 saturated carbocycles. The van der Waals surface area contributed by atoms with E-state index in [1.54, 1.807) is 18.4 Å². The fourth-order valence-electron chi connectivity index (χ4n) is 2.19. The minimum Gasteiger partial charge on any atom is -0.475 e. The Morgan fingerprint density at radius 3 is 2.75 bits per heavy atom. The maximum atomic E-state index is 5.55. The van der Waals surface area contributed by atoms with E-state index in [1.807, 2.05) is 46.1 Å². The van der Waals surface area contributed by atoms with Gasteiger partial charge in [0.05, 0.1) is 23.4 Å². The molecular formula is C17H25N5OS. The summed E-state index contributed by atoms with van der Waals surface area (Å²) in [5.74, 6) is 1.47. The first-order valence-corrected chi connectivity index (χ1v) is 8.80. The lowest BCUT2D eigenvalue weighted by Crippen LogP contribution is -2.38. The molecule has 6 nitrogen and oxygen atoms in total. The van der Waals surface area contributed by atoms with Gasteiger partial charge in [0.15, 0.2) is 5.96 Å². The Morgan fingerprint density at radius 1 is 1.42 bits per heavy atom. The zero-order valence-electron chi connectivity index (χ0n) is 14.9. The number of pyridine rings is 1. The van der Waals surface area contributed by atoms with Gasteiger partial charge in [-0.25, -0.2) is 9.97 Å². The fraction of sp³-hybridized carbons (Fsp3) is 0.471. The van der Waals surface area contributed by atoms with Crippen molar-refractivity contribution in [3.8, 4) is 5.88 Å². The van der Waals surface area contributed by atoms with Crippen LogP contribution in [0.1, 0.15) is 30.1 Å². The highest BCUT2D eigenvalue weighted by molar-refractivity contribution is 7.09. The van der Waals surface area contributed by atoms with Gasteiger partial charge in [0.1, 0.15) is 0 Å². The molecule has 0 aliphatic carbocycles. The van der Waals surface area contributed by atoms with Gasteiger partial charge in [-0.2, -0.15) is 0 Å². The summed E-state index contributed by atoms with van der Waals surface area (Å²) < 4.78 is 5.55. The van der Waals surface area contributed by atoms with Crippen LogP contribution >= 0.6 is 11.3 Å². The molecule has 0 amide bonds. The maximum absolute atomic E-state index is 5.55. The van der Waals surface area contributed by atoms with E-state index >= 15 is 0 Å². The van der Waals surface area contributed by atoms with Crippen molar-refractivity contribution in [1.82, 2.24) is 20.2 Å². The van der Waals surface area contributed by atoms with Crippen LogP contribution in [-0.2, 0) is 13.1 Å². The van der Waals surface area contributed by atoms with Crippen LogP contribution in [0.3, 0.4) is 0 Å². The second kappa shape index (κ2) is 8.63. The summed E-state index contributed by atoms with van der Waals surface area (Å²) in [5, 5.41) is 6.50. The molecule has 24 heavy (non-hydrogen) atoms. The van der Waals surface area contributed by atoms with Crippen LogP contribution in [0, 0.1) is 6.92 Å². The monoisotopic (exact) mass is 347 g/mol. The third-order valence-corrected chi connectivity index (χ3v) is 4.07. The average molecular weight is 347 g/mol. The molecule has 0 radical (unpaired) electrons. The van der Waals surface area contributed by atoms with Crippen molar-refractivity contribution < 1.29 is 4.74 Å². The molecule has 0 spiro atoms. The zero-order chi connectivity index (χ0) is 17.5. The minimum atomic E-state index is 0.128. The second-order valence-electron chi connectivity index (χ2n) is 5.79. The number of nitrogens with one attached hydrogen (secondary N) is 1. The summed E-state index contributed by atoms with van der Waals surface area (Å²) >= 11 is 1.66. The summed E-state index contributed by atoms with van der Waals surface area (Å²) in [7, 11) is 3.78. The quantitative estimate of drug-likeness (QED) is 0.643. The van der Waals surface area contributed by atoms with Gasteiger partial charge in [-0.1, -0.05) is 6.07 Å².